The second-order valence-corrected chi connectivity index (χ2v) is 5.60. The predicted octanol–water partition coefficient (Wildman–Crippen LogP) is 3.72. The van der Waals surface area contributed by atoms with Crippen LogP contribution in [0.3, 0.4) is 0 Å². The van der Waals surface area contributed by atoms with Crippen LogP contribution < -0.4 is 5.73 Å². The predicted molar refractivity (Wildman–Crippen MR) is 76.3 cm³/mol. The lowest BCUT2D eigenvalue weighted by Gasteiger charge is -2.26. The van der Waals surface area contributed by atoms with Gasteiger partial charge in [0.1, 0.15) is 0 Å². The molecule has 0 saturated heterocycles. The molecule has 0 saturated carbocycles. The Kier molecular flexibility index (Phi) is 4.53. The first-order valence-electron chi connectivity index (χ1n) is 6.53. The lowest BCUT2D eigenvalue weighted by molar-refractivity contribution is 0.401. The van der Waals surface area contributed by atoms with Crippen molar-refractivity contribution in [2.75, 3.05) is 0 Å². The van der Waals surface area contributed by atoms with E-state index < -0.39 is 0 Å². The number of nitrogens with two attached hydrogens (primary N) is 1. The summed E-state index contributed by atoms with van der Waals surface area (Å²) < 4.78 is 0. The third-order valence-corrected chi connectivity index (χ3v) is 4.01. The molecule has 0 radical (unpaired) electrons. The van der Waals surface area contributed by atoms with Crippen molar-refractivity contribution in [1.29, 1.82) is 5.26 Å². The maximum atomic E-state index is 9.32. The Balaban J connectivity index is 3.37. The van der Waals surface area contributed by atoms with E-state index in [1.165, 1.54) is 22.3 Å². The molecule has 2 heteroatoms. The zero-order chi connectivity index (χ0) is 14.0. The summed E-state index contributed by atoms with van der Waals surface area (Å²) in [5.41, 5.74) is 12.5. The molecular formula is C16H24N2. The second kappa shape index (κ2) is 5.54. The molecule has 1 aromatic rings. The van der Waals surface area contributed by atoms with E-state index in [1.807, 2.05) is 0 Å². The largest absolute Gasteiger partial charge is 0.323 e. The monoisotopic (exact) mass is 244 g/mol. The SMILES string of the molecule is Cc1cc(C)c(C)c(C(N)C(C#N)C(C)C)c1C. The van der Waals surface area contributed by atoms with Gasteiger partial charge >= 0.3 is 0 Å². The van der Waals surface area contributed by atoms with Crippen LogP contribution >= 0.6 is 0 Å². The quantitative estimate of drug-likeness (QED) is 0.881. The highest BCUT2D eigenvalue weighted by molar-refractivity contribution is 5.46. The van der Waals surface area contributed by atoms with Gasteiger partial charge in [0, 0.05) is 6.04 Å². The maximum Gasteiger partial charge on any atom is 0.0679 e. The van der Waals surface area contributed by atoms with Gasteiger partial charge in [-0.05, 0) is 61.4 Å². The van der Waals surface area contributed by atoms with E-state index in [9.17, 15) is 5.26 Å². The average molecular weight is 244 g/mol. The van der Waals surface area contributed by atoms with Crippen LogP contribution in [0.2, 0.25) is 0 Å². The standard InChI is InChI=1S/C16H24N2/c1-9(2)14(8-17)16(18)15-12(5)10(3)7-11(4)13(15)6/h7,9,14,16H,18H2,1-6H3. The maximum absolute atomic E-state index is 9.32. The van der Waals surface area contributed by atoms with Crippen LogP contribution in [0.4, 0.5) is 0 Å². The van der Waals surface area contributed by atoms with E-state index in [2.05, 4.69) is 53.7 Å². The fourth-order valence-corrected chi connectivity index (χ4v) is 2.57. The number of rotatable bonds is 3. The van der Waals surface area contributed by atoms with Crippen LogP contribution in [0.1, 0.15) is 47.7 Å². The van der Waals surface area contributed by atoms with Gasteiger partial charge < -0.3 is 5.73 Å². The van der Waals surface area contributed by atoms with E-state index in [4.69, 9.17) is 5.73 Å². The molecule has 2 nitrogen and oxygen atoms in total. The molecule has 0 bridgehead atoms. The number of nitrogens with zero attached hydrogens (tertiary/aromatic N) is 1. The van der Waals surface area contributed by atoms with Gasteiger partial charge in [0.2, 0.25) is 0 Å². The summed E-state index contributed by atoms with van der Waals surface area (Å²) in [6.07, 6.45) is 0. The summed E-state index contributed by atoms with van der Waals surface area (Å²) >= 11 is 0. The van der Waals surface area contributed by atoms with E-state index in [0.29, 0.717) is 0 Å². The van der Waals surface area contributed by atoms with Crippen molar-refractivity contribution in [1.82, 2.24) is 0 Å². The second-order valence-electron chi connectivity index (χ2n) is 5.60. The number of hydrogen-bond donors (Lipinski definition) is 1. The molecule has 1 aromatic carbocycles. The molecule has 0 aliphatic heterocycles. The van der Waals surface area contributed by atoms with Gasteiger partial charge in [-0.3, -0.25) is 0 Å². The van der Waals surface area contributed by atoms with Crippen molar-refractivity contribution in [3.63, 3.8) is 0 Å². The van der Waals surface area contributed by atoms with Gasteiger partial charge in [-0.1, -0.05) is 19.9 Å². The van der Waals surface area contributed by atoms with Crippen molar-refractivity contribution in [2.45, 2.75) is 47.6 Å². The van der Waals surface area contributed by atoms with Crippen LogP contribution in [-0.2, 0) is 0 Å². The Morgan fingerprint density at radius 2 is 1.50 bits per heavy atom. The Labute approximate surface area is 111 Å². The molecule has 0 fully saturated rings. The van der Waals surface area contributed by atoms with Crippen LogP contribution in [0, 0.1) is 50.9 Å². The highest BCUT2D eigenvalue weighted by Crippen LogP contribution is 2.32. The number of aryl methyl sites for hydroxylation is 2. The Bertz CT molecular complexity index is 455. The fraction of sp³-hybridized carbons (Fsp3) is 0.562. The molecule has 2 unspecified atom stereocenters. The molecule has 0 aliphatic carbocycles. The van der Waals surface area contributed by atoms with Gasteiger partial charge in [-0.15, -0.1) is 0 Å². The molecule has 0 aliphatic rings. The minimum atomic E-state index is -0.200. The van der Waals surface area contributed by atoms with Crippen LogP contribution in [0.5, 0.6) is 0 Å². The van der Waals surface area contributed by atoms with Gasteiger partial charge in [-0.25, -0.2) is 0 Å². The lowest BCUT2D eigenvalue weighted by Crippen LogP contribution is -2.26. The number of hydrogen-bond acceptors (Lipinski definition) is 2. The smallest absolute Gasteiger partial charge is 0.0679 e. The summed E-state index contributed by atoms with van der Waals surface area (Å²) in [4.78, 5) is 0. The summed E-state index contributed by atoms with van der Waals surface area (Å²) in [6.45, 7) is 12.5. The summed E-state index contributed by atoms with van der Waals surface area (Å²) in [5, 5.41) is 9.32. The average Bonchev–Trinajstić information content (AvgIpc) is 2.27. The van der Waals surface area contributed by atoms with Gasteiger partial charge in [0.15, 0.2) is 0 Å². The number of nitriles is 1. The summed E-state index contributed by atoms with van der Waals surface area (Å²) in [6, 6.07) is 4.36. The molecule has 1 rings (SSSR count). The molecule has 0 amide bonds. The van der Waals surface area contributed by atoms with Crippen molar-refractivity contribution in [3.8, 4) is 6.07 Å². The zero-order valence-electron chi connectivity index (χ0n) is 12.3. The van der Waals surface area contributed by atoms with Gasteiger partial charge in [0.05, 0.1) is 12.0 Å². The molecular weight excluding hydrogens is 220 g/mol. The summed E-state index contributed by atoms with van der Waals surface area (Å²) in [5.74, 6) is 0.133. The van der Waals surface area contributed by atoms with Gasteiger partial charge in [0.25, 0.3) is 0 Å². The first-order chi connectivity index (χ1) is 8.31. The Morgan fingerprint density at radius 3 is 1.83 bits per heavy atom. The van der Waals surface area contributed by atoms with Crippen LogP contribution in [0.15, 0.2) is 6.07 Å². The lowest BCUT2D eigenvalue weighted by atomic mass is 9.81. The number of benzene rings is 1. The van der Waals surface area contributed by atoms with Crippen molar-refractivity contribution >= 4 is 0 Å². The van der Waals surface area contributed by atoms with Crippen molar-refractivity contribution in [2.24, 2.45) is 17.6 Å². The van der Waals surface area contributed by atoms with E-state index in [1.54, 1.807) is 0 Å². The molecule has 0 spiro atoms. The van der Waals surface area contributed by atoms with E-state index in [0.717, 1.165) is 5.56 Å². The first kappa shape index (κ1) is 14.7. The minimum Gasteiger partial charge on any atom is -0.323 e. The Morgan fingerprint density at radius 1 is 1.06 bits per heavy atom. The normalized spacial score (nSPS) is 14.4. The third kappa shape index (κ3) is 2.57. The molecule has 0 aromatic heterocycles. The van der Waals surface area contributed by atoms with Crippen LogP contribution in [-0.4, -0.2) is 0 Å². The molecule has 2 atom stereocenters. The van der Waals surface area contributed by atoms with Gasteiger partial charge in [-0.2, -0.15) is 5.26 Å². The van der Waals surface area contributed by atoms with Crippen molar-refractivity contribution in [3.05, 3.63) is 33.9 Å². The highest BCUT2D eigenvalue weighted by atomic mass is 14.7. The fourth-order valence-electron chi connectivity index (χ4n) is 2.57. The van der Waals surface area contributed by atoms with Crippen LogP contribution in [0.25, 0.3) is 0 Å². The Hall–Kier alpha value is -1.33. The van der Waals surface area contributed by atoms with E-state index >= 15 is 0 Å². The molecule has 0 heterocycles. The summed E-state index contributed by atoms with van der Waals surface area (Å²) in [7, 11) is 0. The van der Waals surface area contributed by atoms with E-state index in [-0.39, 0.29) is 17.9 Å². The minimum absolute atomic E-state index is 0.136. The topological polar surface area (TPSA) is 49.8 Å². The highest BCUT2D eigenvalue weighted by Gasteiger charge is 2.26. The molecule has 2 N–H and O–H groups in total. The third-order valence-electron chi connectivity index (χ3n) is 4.01. The molecule has 98 valence electrons. The zero-order valence-corrected chi connectivity index (χ0v) is 12.3. The van der Waals surface area contributed by atoms with Crippen molar-refractivity contribution < 1.29 is 0 Å². The molecule has 18 heavy (non-hydrogen) atoms. The first-order valence-corrected chi connectivity index (χ1v) is 6.53.